The van der Waals surface area contributed by atoms with Gasteiger partial charge in [0.25, 0.3) is 0 Å². The summed E-state index contributed by atoms with van der Waals surface area (Å²) in [7, 11) is 0. The van der Waals surface area contributed by atoms with Crippen molar-refractivity contribution in [2.75, 3.05) is 0 Å². The van der Waals surface area contributed by atoms with Gasteiger partial charge in [-0.1, -0.05) is 23.8 Å². The van der Waals surface area contributed by atoms with Crippen LogP contribution in [-0.2, 0) is 13.0 Å². The van der Waals surface area contributed by atoms with Crippen molar-refractivity contribution in [3.05, 3.63) is 58.9 Å². The molecule has 0 amide bonds. The average Bonchev–Trinajstić information content (AvgIpc) is 2.94. The van der Waals surface area contributed by atoms with Crippen molar-refractivity contribution in [2.45, 2.75) is 19.9 Å². The summed E-state index contributed by atoms with van der Waals surface area (Å²) in [6.07, 6.45) is 3.07. The van der Waals surface area contributed by atoms with Gasteiger partial charge in [-0.25, -0.2) is 4.98 Å². The summed E-state index contributed by atoms with van der Waals surface area (Å²) in [5.74, 6) is 0. The van der Waals surface area contributed by atoms with Crippen molar-refractivity contribution in [3.63, 3.8) is 0 Å². The minimum absolute atomic E-state index is 0.564. The zero-order valence-corrected chi connectivity index (χ0v) is 10.9. The van der Waals surface area contributed by atoms with Crippen LogP contribution in [0.4, 0.5) is 0 Å². The molecule has 2 N–H and O–H groups in total. The van der Waals surface area contributed by atoms with Crippen molar-refractivity contribution in [3.8, 4) is 11.3 Å². The van der Waals surface area contributed by atoms with Crippen LogP contribution in [0.5, 0.6) is 0 Å². The molecule has 0 bridgehead atoms. The molecule has 1 aliphatic carbocycles. The lowest BCUT2D eigenvalue weighted by atomic mass is 10.1. The summed E-state index contributed by atoms with van der Waals surface area (Å²) in [6.45, 7) is 2.69. The summed E-state index contributed by atoms with van der Waals surface area (Å²) >= 11 is 0. The third-order valence-electron chi connectivity index (χ3n) is 3.89. The van der Waals surface area contributed by atoms with Gasteiger partial charge in [0, 0.05) is 24.7 Å². The molecule has 3 aromatic rings. The SMILES string of the molecule is Cc1ccc2c(c1)-c1nc3ccc(CN)cn3c1C2. The third-order valence-corrected chi connectivity index (χ3v) is 3.89. The first-order valence-electron chi connectivity index (χ1n) is 6.56. The Morgan fingerprint density at radius 3 is 3.00 bits per heavy atom. The fourth-order valence-corrected chi connectivity index (χ4v) is 2.89. The van der Waals surface area contributed by atoms with E-state index >= 15 is 0 Å². The molecule has 2 heterocycles. The van der Waals surface area contributed by atoms with Gasteiger partial charge < -0.3 is 10.1 Å². The van der Waals surface area contributed by atoms with Crippen LogP contribution in [0.1, 0.15) is 22.4 Å². The number of hydrogen-bond donors (Lipinski definition) is 1. The van der Waals surface area contributed by atoms with Crippen LogP contribution in [0.15, 0.2) is 36.5 Å². The molecule has 0 radical (unpaired) electrons. The van der Waals surface area contributed by atoms with Crippen molar-refractivity contribution in [1.82, 2.24) is 9.38 Å². The highest BCUT2D eigenvalue weighted by Gasteiger charge is 2.23. The molecular formula is C16H15N3. The number of nitrogens with zero attached hydrogens (tertiary/aromatic N) is 2. The molecule has 0 saturated heterocycles. The summed E-state index contributed by atoms with van der Waals surface area (Å²) in [4.78, 5) is 4.77. The van der Waals surface area contributed by atoms with Gasteiger partial charge in [-0.15, -0.1) is 0 Å². The predicted molar refractivity (Wildman–Crippen MR) is 76.1 cm³/mol. The second kappa shape index (κ2) is 3.68. The van der Waals surface area contributed by atoms with Gasteiger partial charge in [0.1, 0.15) is 5.65 Å². The molecule has 0 spiro atoms. The third kappa shape index (κ3) is 1.45. The van der Waals surface area contributed by atoms with E-state index < -0.39 is 0 Å². The molecule has 0 saturated carbocycles. The van der Waals surface area contributed by atoms with E-state index in [0.29, 0.717) is 6.54 Å². The predicted octanol–water partition coefficient (Wildman–Crippen LogP) is 2.67. The fraction of sp³-hybridized carbons (Fsp3) is 0.188. The summed E-state index contributed by atoms with van der Waals surface area (Å²) in [6, 6.07) is 10.7. The molecule has 3 nitrogen and oxygen atoms in total. The summed E-state index contributed by atoms with van der Waals surface area (Å²) in [5, 5.41) is 0. The highest BCUT2D eigenvalue weighted by molar-refractivity contribution is 5.76. The normalized spacial score (nSPS) is 12.7. The van der Waals surface area contributed by atoms with Gasteiger partial charge in [-0.2, -0.15) is 0 Å². The molecule has 94 valence electrons. The molecule has 0 unspecified atom stereocenters. The highest BCUT2D eigenvalue weighted by Crippen LogP contribution is 2.37. The number of aromatic nitrogens is 2. The van der Waals surface area contributed by atoms with Gasteiger partial charge in [-0.05, 0) is 30.2 Å². The first kappa shape index (κ1) is 10.8. The lowest BCUT2D eigenvalue weighted by Gasteiger charge is -2.02. The monoisotopic (exact) mass is 249 g/mol. The topological polar surface area (TPSA) is 43.3 Å². The Morgan fingerprint density at radius 1 is 1.26 bits per heavy atom. The molecule has 4 rings (SSSR count). The van der Waals surface area contributed by atoms with Gasteiger partial charge in [0.15, 0.2) is 0 Å². The number of imidazole rings is 1. The molecule has 0 aliphatic heterocycles. The van der Waals surface area contributed by atoms with E-state index in [-0.39, 0.29) is 0 Å². The first-order chi connectivity index (χ1) is 9.26. The molecule has 3 heteroatoms. The van der Waals surface area contributed by atoms with E-state index in [1.54, 1.807) is 0 Å². The maximum atomic E-state index is 5.73. The number of aryl methyl sites for hydroxylation is 1. The second-order valence-corrected chi connectivity index (χ2v) is 5.21. The van der Waals surface area contributed by atoms with Crippen LogP contribution in [0.3, 0.4) is 0 Å². The van der Waals surface area contributed by atoms with E-state index in [1.807, 2.05) is 0 Å². The second-order valence-electron chi connectivity index (χ2n) is 5.21. The van der Waals surface area contributed by atoms with Crippen molar-refractivity contribution < 1.29 is 0 Å². The van der Waals surface area contributed by atoms with E-state index in [9.17, 15) is 0 Å². The van der Waals surface area contributed by atoms with Crippen LogP contribution in [-0.4, -0.2) is 9.38 Å². The largest absolute Gasteiger partial charge is 0.326 e. The molecule has 2 aromatic heterocycles. The van der Waals surface area contributed by atoms with Gasteiger partial charge >= 0.3 is 0 Å². The Morgan fingerprint density at radius 2 is 2.16 bits per heavy atom. The van der Waals surface area contributed by atoms with Crippen molar-refractivity contribution in [1.29, 1.82) is 0 Å². The van der Waals surface area contributed by atoms with Crippen molar-refractivity contribution >= 4 is 5.65 Å². The molecule has 0 fully saturated rings. The lowest BCUT2D eigenvalue weighted by Crippen LogP contribution is -1.99. The fourth-order valence-electron chi connectivity index (χ4n) is 2.89. The smallest absolute Gasteiger partial charge is 0.137 e. The van der Waals surface area contributed by atoms with E-state index in [1.165, 1.54) is 22.4 Å². The quantitative estimate of drug-likeness (QED) is 0.563. The molecule has 1 aliphatic rings. The average molecular weight is 249 g/mol. The highest BCUT2D eigenvalue weighted by atomic mass is 15.0. The minimum Gasteiger partial charge on any atom is -0.326 e. The van der Waals surface area contributed by atoms with E-state index in [4.69, 9.17) is 10.7 Å². The van der Waals surface area contributed by atoms with Crippen molar-refractivity contribution in [2.24, 2.45) is 5.73 Å². The van der Waals surface area contributed by atoms with Crippen LogP contribution in [0.2, 0.25) is 0 Å². The van der Waals surface area contributed by atoms with Gasteiger partial charge in [0.05, 0.1) is 11.4 Å². The Kier molecular flexibility index (Phi) is 2.09. The number of hydrogen-bond acceptors (Lipinski definition) is 2. The molecular weight excluding hydrogens is 234 g/mol. The van der Waals surface area contributed by atoms with Crippen LogP contribution in [0, 0.1) is 6.92 Å². The minimum atomic E-state index is 0.564. The number of nitrogens with two attached hydrogens (primary N) is 1. The van der Waals surface area contributed by atoms with E-state index in [2.05, 4.69) is 47.9 Å². The summed E-state index contributed by atoms with van der Waals surface area (Å²) < 4.78 is 2.19. The van der Waals surface area contributed by atoms with Crippen LogP contribution < -0.4 is 5.73 Å². The Balaban J connectivity index is 2.01. The zero-order valence-electron chi connectivity index (χ0n) is 10.9. The zero-order chi connectivity index (χ0) is 13.0. The van der Waals surface area contributed by atoms with Crippen LogP contribution in [0.25, 0.3) is 16.9 Å². The number of fused-ring (bicyclic) bond motifs is 5. The molecule has 1 aromatic carbocycles. The van der Waals surface area contributed by atoms with Gasteiger partial charge in [-0.3, -0.25) is 0 Å². The summed E-state index contributed by atoms with van der Waals surface area (Å²) in [5.41, 5.74) is 14.2. The maximum Gasteiger partial charge on any atom is 0.137 e. The maximum absolute atomic E-state index is 5.73. The Hall–Kier alpha value is -2.13. The van der Waals surface area contributed by atoms with Crippen LogP contribution >= 0.6 is 0 Å². The Bertz CT molecular complexity index is 799. The standard InChI is InChI=1S/C16H15N3/c1-10-2-4-12-7-14-16(13(12)6-10)18-15-5-3-11(8-17)9-19(14)15/h2-6,9H,7-8,17H2,1H3. The lowest BCUT2D eigenvalue weighted by molar-refractivity contribution is 0.990. The van der Waals surface area contributed by atoms with Gasteiger partial charge in [0.2, 0.25) is 0 Å². The number of benzene rings is 1. The Labute approximate surface area is 111 Å². The molecule has 0 atom stereocenters. The number of pyridine rings is 1. The number of rotatable bonds is 1. The molecule has 19 heavy (non-hydrogen) atoms. The first-order valence-corrected chi connectivity index (χ1v) is 6.56. The van der Waals surface area contributed by atoms with E-state index in [0.717, 1.165) is 23.3 Å².